The van der Waals surface area contributed by atoms with Crippen molar-refractivity contribution < 1.29 is 53.3 Å². The van der Waals surface area contributed by atoms with Crippen molar-refractivity contribution in [3.05, 3.63) is 12.2 Å². The van der Waals surface area contributed by atoms with Gasteiger partial charge in [0.25, 0.3) is 0 Å². The van der Waals surface area contributed by atoms with Gasteiger partial charge in [0, 0.05) is 30.1 Å². The molecule has 2 spiro atoms. The highest BCUT2D eigenvalue weighted by Crippen LogP contribution is 2.54. The first-order chi connectivity index (χ1) is 25.3. The number of hydrogen-bond donors (Lipinski definition) is 3. The number of rotatable bonds is 12. The smallest absolute Gasteiger partial charge is 0.311 e. The first-order valence-corrected chi connectivity index (χ1v) is 21.1. The lowest BCUT2D eigenvalue weighted by Gasteiger charge is -2.54. The van der Waals surface area contributed by atoms with Crippen molar-refractivity contribution in [2.24, 2.45) is 41.4 Å². The number of aliphatic hydroxyl groups excluding tert-OH is 2. The van der Waals surface area contributed by atoms with E-state index in [4.69, 9.17) is 28.4 Å². The average Bonchev–Trinajstić information content (AvgIpc) is 3.50. The second-order valence-electron chi connectivity index (χ2n) is 18.1. The van der Waals surface area contributed by atoms with Crippen molar-refractivity contribution in [2.75, 3.05) is 7.11 Å². The van der Waals surface area contributed by atoms with E-state index in [1.807, 2.05) is 41.5 Å². The summed E-state index contributed by atoms with van der Waals surface area (Å²) in [5.74, 6) is -4.78. The largest absolute Gasteiger partial charge is 0.469 e. The predicted molar refractivity (Wildman–Crippen MR) is 203 cm³/mol. The van der Waals surface area contributed by atoms with Gasteiger partial charge in [-0.15, -0.1) is 0 Å². The third kappa shape index (κ3) is 8.00. The van der Waals surface area contributed by atoms with Crippen molar-refractivity contribution in [3.63, 3.8) is 0 Å². The average molecular weight is 765 g/mol. The second-order valence-corrected chi connectivity index (χ2v) is 18.1. The minimum absolute atomic E-state index is 0.0250. The zero-order valence-electron chi connectivity index (χ0n) is 34.9. The third-order valence-corrected chi connectivity index (χ3v) is 14.6. The van der Waals surface area contributed by atoms with Gasteiger partial charge in [-0.25, -0.2) is 0 Å². The SMILES string of the molecule is CC[C@@H](C(=O)[C@@H](C)[C@@H](O)[C@H](C)[C@@H]1O[C@@H]([C@@H](CC)C(=O)OC)CC[C@@H]1C)[C@H]1O[C@]2(C=C[C@@H](O)[C@]3(CC[C@@](C)([C@H]4CC[C@](O)(CC)[C@H](C)O4)O3)O2)[C@H](C)C[C@@H]1C. The first kappa shape index (κ1) is 43.7. The number of esters is 1. The highest BCUT2D eigenvalue weighted by Gasteiger charge is 2.63. The molecule has 5 heterocycles. The third-order valence-electron chi connectivity index (χ3n) is 14.6. The van der Waals surface area contributed by atoms with Crippen LogP contribution in [-0.2, 0) is 38.0 Å². The van der Waals surface area contributed by atoms with Gasteiger partial charge < -0.3 is 43.7 Å². The molecule has 3 N–H and O–H groups in total. The summed E-state index contributed by atoms with van der Waals surface area (Å²) >= 11 is 0. The number of carbonyl (C=O) groups excluding carboxylic acids is 2. The minimum atomic E-state index is -1.36. The Kier molecular flexibility index (Phi) is 13.6. The van der Waals surface area contributed by atoms with E-state index in [1.54, 1.807) is 19.1 Å². The maximum atomic E-state index is 14.5. The Hall–Kier alpha value is -1.44. The van der Waals surface area contributed by atoms with Crippen LogP contribution in [-0.4, -0.2) is 99.7 Å². The van der Waals surface area contributed by atoms with Gasteiger partial charge in [0.2, 0.25) is 5.79 Å². The molecule has 0 saturated carbocycles. The normalized spacial score (nSPS) is 45.5. The van der Waals surface area contributed by atoms with Gasteiger partial charge in [-0.05, 0) is 95.6 Å². The van der Waals surface area contributed by atoms with Crippen LogP contribution in [0.4, 0.5) is 0 Å². The molecule has 5 aliphatic rings. The molecule has 11 heteroatoms. The van der Waals surface area contributed by atoms with Crippen molar-refractivity contribution in [1.29, 1.82) is 0 Å². The summed E-state index contributed by atoms with van der Waals surface area (Å²) < 4.78 is 38.7. The van der Waals surface area contributed by atoms with Crippen LogP contribution in [0.2, 0.25) is 0 Å². The Morgan fingerprint density at radius 1 is 0.907 bits per heavy atom. The number of methoxy groups -OCH3 is 1. The van der Waals surface area contributed by atoms with Crippen LogP contribution >= 0.6 is 0 Å². The number of aliphatic hydroxyl groups is 3. The molecule has 11 nitrogen and oxygen atoms in total. The lowest BCUT2D eigenvalue weighted by atomic mass is 9.72. The van der Waals surface area contributed by atoms with Crippen molar-refractivity contribution in [2.45, 2.75) is 199 Å². The molecule has 5 rings (SSSR count). The molecule has 0 aromatic heterocycles. The standard InChI is InChI=1S/C43H72O11/c1-12-30(39(47)49-11)32-16-15-24(4)37(51-32)28(8)35(45)27(7)36(46)31(13-2)38-25(5)23-26(6)42(52-38)20-17-33(44)43(54-42)22-21-40(10,53-43)34-18-19-41(48,14-3)29(9)50-34/h17,20,24-35,37-38,44-45,48H,12-16,18-19,21-23H2,1-11H3/t24-,25-,26+,27-,28-,29-,30+,31-,32+,33+,34+,35+,37+,38-,40-,41+,42-,43-/m0/s1. The van der Waals surface area contributed by atoms with E-state index in [0.717, 1.165) is 19.3 Å². The fourth-order valence-electron chi connectivity index (χ4n) is 10.6. The number of ketones is 1. The molecule has 0 radical (unpaired) electrons. The van der Waals surface area contributed by atoms with Crippen molar-refractivity contribution >= 4 is 11.8 Å². The quantitative estimate of drug-likeness (QED) is 0.152. The second kappa shape index (κ2) is 16.8. The van der Waals surface area contributed by atoms with Gasteiger partial charge in [0.05, 0.1) is 60.9 Å². The zero-order chi connectivity index (χ0) is 40.0. The van der Waals surface area contributed by atoms with Crippen molar-refractivity contribution in [3.8, 4) is 0 Å². The van der Waals surface area contributed by atoms with Crippen LogP contribution in [0.5, 0.6) is 0 Å². The molecule has 0 unspecified atom stereocenters. The Balaban J connectivity index is 1.31. The fraction of sp³-hybridized carbons (Fsp3) is 0.907. The highest BCUT2D eigenvalue weighted by atomic mass is 16.8. The summed E-state index contributed by atoms with van der Waals surface area (Å²) in [7, 11) is 1.40. The van der Waals surface area contributed by atoms with E-state index < -0.39 is 52.9 Å². The number of carbonyl (C=O) groups is 2. The molecule has 0 aliphatic carbocycles. The van der Waals surface area contributed by atoms with E-state index in [2.05, 4.69) is 20.8 Å². The Morgan fingerprint density at radius 3 is 2.20 bits per heavy atom. The van der Waals surface area contributed by atoms with Gasteiger partial charge in [-0.1, -0.05) is 55.4 Å². The molecule has 0 aromatic rings. The van der Waals surface area contributed by atoms with Gasteiger partial charge in [-0.2, -0.15) is 0 Å². The number of hydrogen-bond acceptors (Lipinski definition) is 11. The molecule has 0 bridgehead atoms. The minimum Gasteiger partial charge on any atom is -0.469 e. The van der Waals surface area contributed by atoms with Gasteiger partial charge in [-0.3, -0.25) is 9.59 Å². The molecule has 310 valence electrons. The molecular formula is C43H72O11. The molecule has 5 aliphatic heterocycles. The molecule has 0 amide bonds. The molecule has 18 atom stereocenters. The summed E-state index contributed by atoms with van der Waals surface area (Å²) in [6.07, 6.45) is 6.11. The molecule has 4 saturated heterocycles. The first-order valence-electron chi connectivity index (χ1n) is 21.1. The van der Waals surface area contributed by atoms with Crippen LogP contribution in [0.25, 0.3) is 0 Å². The predicted octanol–water partition coefficient (Wildman–Crippen LogP) is 6.28. The van der Waals surface area contributed by atoms with Crippen LogP contribution in [0.1, 0.15) is 133 Å². The highest BCUT2D eigenvalue weighted by molar-refractivity contribution is 5.84. The maximum Gasteiger partial charge on any atom is 0.311 e. The van der Waals surface area contributed by atoms with Crippen LogP contribution in [0.15, 0.2) is 12.2 Å². The van der Waals surface area contributed by atoms with Crippen LogP contribution in [0, 0.1) is 41.4 Å². The van der Waals surface area contributed by atoms with Gasteiger partial charge in [0.15, 0.2) is 5.79 Å². The van der Waals surface area contributed by atoms with Crippen LogP contribution in [0.3, 0.4) is 0 Å². The Bertz CT molecular complexity index is 1340. The summed E-state index contributed by atoms with van der Waals surface area (Å²) in [5.41, 5.74) is -1.62. The van der Waals surface area contributed by atoms with Gasteiger partial charge in [0.1, 0.15) is 11.9 Å². The Morgan fingerprint density at radius 2 is 1.59 bits per heavy atom. The molecular weight excluding hydrogens is 692 g/mol. The summed E-state index contributed by atoms with van der Waals surface area (Å²) in [6, 6.07) is 0. The monoisotopic (exact) mass is 765 g/mol. The van der Waals surface area contributed by atoms with Crippen molar-refractivity contribution in [1.82, 2.24) is 0 Å². The molecule has 54 heavy (non-hydrogen) atoms. The lowest BCUT2D eigenvalue weighted by molar-refractivity contribution is -0.409. The topological polar surface area (TPSA) is 150 Å². The summed E-state index contributed by atoms with van der Waals surface area (Å²) in [4.78, 5) is 27.0. The van der Waals surface area contributed by atoms with E-state index in [0.29, 0.717) is 44.9 Å². The number of ether oxygens (including phenoxy) is 6. The van der Waals surface area contributed by atoms with E-state index >= 15 is 0 Å². The van der Waals surface area contributed by atoms with E-state index in [1.165, 1.54) is 7.11 Å². The van der Waals surface area contributed by atoms with E-state index in [-0.39, 0.29) is 65.8 Å². The summed E-state index contributed by atoms with van der Waals surface area (Å²) in [6.45, 7) is 19.9. The fourth-order valence-corrected chi connectivity index (χ4v) is 10.6. The lowest BCUT2D eigenvalue weighted by Crippen LogP contribution is -2.63. The van der Waals surface area contributed by atoms with Crippen LogP contribution < -0.4 is 0 Å². The maximum absolute atomic E-state index is 14.5. The Labute approximate surface area is 324 Å². The number of Topliss-reactive ketones (excluding diaryl/α,β-unsaturated/α-hetero) is 1. The zero-order valence-corrected chi connectivity index (χ0v) is 34.9. The summed E-state index contributed by atoms with van der Waals surface area (Å²) in [5, 5.41) is 34.3. The van der Waals surface area contributed by atoms with E-state index in [9.17, 15) is 24.9 Å². The van der Waals surface area contributed by atoms with Gasteiger partial charge >= 0.3 is 5.97 Å². The molecule has 4 fully saturated rings. The molecule has 0 aromatic carbocycles.